The molecule has 0 radical (unpaired) electrons. The predicted octanol–water partition coefficient (Wildman–Crippen LogP) is 1.63. The zero-order chi connectivity index (χ0) is 11.6. The zero-order valence-electron chi connectivity index (χ0n) is 9.62. The van der Waals surface area contributed by atoms with Crippen LogP contribution in [0.15, 0.2) is 0 Å². The van der Waals surface area contributed by atoms with Crippen molar-refractivity contribution in [2.75, 3.05) is 25.6 Å². The summed E-state index contributed by atoms with van der Waals surface area (Å²) in [5, 5.41) is 9.62. The highest BCUT2D eigenvalue weighted by molar-refractivity contribution is 6.18. The van der Waals surface area contributed by atoms with Crippen LogP contribution in [0.5, 0.6) is 0 Å². The molecule has 1 heterocycles. The number of amides is 1. The minimum Gasteiger partial charge on any atom is -0.396 e. The van der Waals surface area contributed by atoms with Crippen molar-refractivity contribution in [2.24, 2.45) is 11.3 Å². The Bertz CT molecular complexity index is 272. The second-order valence-corrected chi connectivity index (χ2v) is 5.55. The van der Waals surface area contributed by atoms with Crippen molar-refractivity contribution in [1.29, 1.82) is 0 Å². The molecule has 0 spiro atoms. The maximum absolute atomic E-state index is 11.8. The molecular formula is C12H20ClNO2. The number of alkyl halides is 1. The molecule has 1 saturated carbocycles. The number of halogens is 1. The molecule has 1 aliphatic carbocycles. The summed E-state index contributed by atoms with van der Waals surface area (Å²) in [6.07, 6.45) is 5.08. The van der Waals surface area contributed by atoms with E-state index in [-0.39, 0.29) is 17.9 Å². The quantitative estimate of drug-likeness (QED) is 0.768. The largest absolute Gasteiger partial charge is 0.396 e. The average molecular weight is 246 g/mol. The topological polar surface area (TPSA) is 40.5 Å². The van der Waals surface area contributed by atoms with Gasteiger partial charge in [-0.25, -0.2) is 0 Å². The van der Waals surface area contributed by atoms with Crippen molar-refractivity contribution in [3.05, 3.63) is 0 Å². The highest BCUT2D eigenvalue weighted by atomic mass is 35.5. The van der Waals surface area contributed by atoms with Crippen LogP contribution in [0, 0.1) is 11.3 Å². The third kappa shape index (κ3) is 2.07. The molecule has 3 nitrogen and oxygen atoms in total. The molecule has 4 heteroatoms. The van der Waals surface area contributed by atoms with Crippen LogP contribution < -0.4 is 0 Å². The van der Waals surface area contributed by atoms with E-state index in [0.717, 1.165) is 25.9 Å². The Morgan fingerprint density at radius 1 is 1.50 bits per heavy atom. The molecule has 0 aromatic carbocycles. The van der Waals surface area contributed by atoms with Crippen molar-refractivity contribution < 1.29 is 9.90 Å². The molecule has 0 unspecified atom stereocenters. The van der Waals surface area contributed by atoms with E-state index in [1.807, 2.05) is 4.90 Å². The fourth-order valence-electron chi connectivity index (χ4n) is 3.27. The van der Waals surface area contributed by atoms with Gasteiger partial charge in [-0.2, -0.15) is 0 Å². The summed E-state index contributed by atoms with van der Waals surface area (Å²) in [6, 6.07) is 0. The Hall–Kier alpha value is -0.280. The van der Waals surface area contributed by atoms with Crippen LogP contribution in [0.3, 0.4) is 0 Å². The maximum Gasteiger partial charge on any atom is 0.223 e. The number of hydrogen-bond donors (Lipinski definition) is 1. The number of carbonyl (C=O) groups is 1. The lowest BCUT2D eigenvalue weighted by atomic mass is 9.69. The standard InChI is InChI=1S/C12H20ClNO2/c13-6-4-11(16)14-7-10-3-1-2-5-12(10,8-14)9-15/h10,15H,1-9H2/t10-,12+/m0/s1. The molecule has 92 valence electrons. The zero-order valence-corrected chi connectivity index (χ0v) is 10.4. The van der Waals surface area contributed by atoms with Crippen LogP contribution in [0.1, 0.15) is 32.1 Å². The number of likely N-dealkylation sites (tertiary alicyclic amines) is 1. The van der Waals surface area contributed by atoms with Gasteiger partial charge in [-0.05, 0) is 18.8 Å². The Kier molecular flexibility index (Phi) is 3.75. The van der Waals surface area contributed by atoms with Crippen LogP contribution in [0.25, 0.3) is 0 Å². The van der Waals surface area contributed by atoms with Gasteiger partial charge in [0, 0.05) is 30.8 Å². The molecule has 0 aromatic rings. The van der Waals surface area contributed by atoms with E-state index in [2.05, 4.69) is 0 Å². The van der Waals surface area contributed by atoms with Crippen LogP contribution in [0.2, 0.25) is 0 Å². The van der Waals surface area contributed by atoms with E-state index in [9.17, 15) is 9.90 Å². The summed E-state index contributed by atoms with van der Waals surface area (Å²) in [5.41, 5.74) is 0.000221. The van der Waals surface area contributed by atoms with Gasteiger partial charge in [0.15, 0.2) is 0 Å². The van der Waals surface area contributed by atoms with Gasteiger partial charge in [-0.3, -0.25) is 4.79 Å². The van der Waals surface area contributed by atoms with Gasteiger partial charge in [-0.1, -0.05) is 12.8 Å². The molecule has 2 fully saturated rings. The molecule has 0 bridgehead atoms. The van der Waals surface area contributed by atoms with Crippen LogP contribution in [-0.2, 0) is 4.79 Å². The molecule has 2 aliphatic rings. The lowest BCUT2D eigenvalue weighted by Gasteiger charge is -2.36. The molecule has 2 atom stereocenters. The number of hydrogen-bond acceptors (Lipinski definition) is 2. The molecule has 2 rings (SSSR count). The minimum atomic E-state index is 0.000221. The predicted molar refractivity (Wildman–Crippen MR) is 63.4 cm³/mol. The van der Waals surface area contributed by atoms with Gasteiger partial charge in [0.25, 0.3) is 0 Å². The highest BCUT2D eigenvalue weighted by Crippen LogP contribution is 2.46. The smallest absolute Gasteiger partial charge is 0.223 e. The molecule has 1 N–H and O–H groups in total. The SMILES string of the molecule is O=C(CCCl)N1C[C@@H]2CCCC[C@]2(CO)C1. The molecule has 0 aromatic heterocycles. The van der Waals surface area contributed by atoms with Crippen LogP contribution >= 0.6 is 11.6 Å². The fraction of sp³-hybridized carbons (Fsp3) is 0.917. The van der Waals surface area contributed by atoms with Crippen molar-refractivity contribution in [3.8, 4) is 0 Å². The van der Waals surface area contributed by atoms with E-state index in [1.54, 1.807) is 0 Å². The second-order valence-electron chi connectivity index (χ2n) is 5.18. The second kappa shape index (κ2) is 4.92. The number of aliphatic hydroxyl groups is 1. The minimum absolute atomic E-state index is 0.000221. The van der Waals surface area contributed by atoms with Crippen LogP contribution in [0.4, 0.5) is 0 Å². The first-order valence-electron chi connectivity index (χ1n) is 6.16. The first-order valence-corrected chi connectivity index (χ1v) is 6.70. The summed E-state index contributed by atoms with van der Waals surface area (Å²) in [6.45, 7) is 1.79. The molecule has 1 aliphatic heterocycles. The number of carbonyl (C=O) groups excluding carboxylic acids is 1. The van der Waals surface area contributed by atoms with Crippen molar-refractivity contribution in [1.82, 2.24) is 4.90 Å². The fourth-order valence-corrected chi connectivity index (χ4v) is 3.43. The molecular weight excluding hydrogens is 226 g/mol. The average Bonchev–Trinajstić information content (AvgIpc) is 2.69. The third-order valence-corrected chi connectivity index (χ3v) is 4.45. The Morgan fingerprint density at radius 2 is 2.31 bits per heavy atom. The van der Waals surface area contributed by atoms with Gasteiger partial charge in [0.05, 0.1) is 6.61 Å². The molecule has 16 heavy (non-hydrogen) atoms. The van der Waals surface area contributed by atoms with Crippen molar-refractivity contribution >= 4 is 17.5 Å². The van der Waals surface area contributed by atoms with E-state index in [1.165, 1.54) is 12.8 Å². The maximum atomic E-state index is 11.8. The Balaban J connectivity index is 2.04. The summed E-state index contributed by atoms with van der Waals surface area (Å²) in [5.74, 6) is 1.05. The lowest BCUT2D eigenvalue weighted by molar-refractivity contribution is -0.130. The van der Waals surface area contributed by atoms with Gasteiger partial charge >= 0.3 is 0 Å². The van der Waals surface area contributed by atoms with Gasteiger partial charge in [0.1, 0.15) is 0 Å². The Morgan fingerprint density at radius 3 is 2.94 bits per heavy atom. The monoisotopic (exact) mass is 245 g/mol. The first kappa shape index (κ1) is 12.2. The van der Waals surface area contributed by atoms with Gasteiger partial charge in [-0.15, -0.1) is 11.6 Å². The number of nitrogens with zero attached hydrogens (tertiary/aromatic N) is 1. The van der Waals surface area contributed by atoms with Crippen LogP contribution in [-0.4, -0.2) is 41.5 Å². The van der Waals surface area contributed by atoms with Crippen molar-refractivity contribution in [2.45, 2.75) is 32.1 Å². The normalized spacial score (nSPS) is 33.9. The first-order chi connectivity index (χ1) is 7.72. The number of fused-ring (bicyclic) bond motifs is 1. The Labute approximate surface area is 102 Å². The third-order valence-electron chi connectivity index (χ3n) is 4.27. The molecule has 1 saturated heterocycles. The highest BCUT2D eigenvalue weighted by Gasteiger charge is 2.48. The van der Waals surface area contributed by atoms with E-state index < -0.39 is 0 Å². The van der Waals surface area contributed by atoms with E-state index >= 15 is 0 Å². The summed E-state index contributed by atoms with van der Waals surface area (Å²) in [4.78, 5) is 13.7. The summed E-state index contributed by atoms with van der Waals surface area (Å²) < 4.78 is 0. The van der Waals surface area contributed by atoms with Gasteiger partial charge in [0.2, 0.25) is 5.91 Å². The van der Waals surface area contributed by atoms with Gasteiger partial charge < -0.3 is 10.0 Å². The summed E-state index contributed by atoms with van der Waals surface area (Å²) in [7, 11) is 0. The van der Waals surface area contributed by atoms with E-state index in [4.69, 9.17) is 11.6 Å². The lowest BCUT2D eigenvalue weighted by Crippen LogP contribution is -2.37. The molecule has 1 amide bonds. The van der Waals surface area contributed by atoms with E-state index in [0.29, 0.717) is 18.2 Å². The number of aliphatic hydroxyl groups excluding tert-OH is 1. The number of rotatable bonds is 3. The van der Waals surface area contributed by atoms with Crippen molar-refractivity contribution in [3.63, 3.8) is 0 Å². The summed E-state index contributed by atoms with van der Waals surface area (Å²) >= 11 is 5.60.